The van der Waals surface area contributed by atoms with E-state index in [0.717, 1.165) is 44.1 Å². The second kappa shape index (κ2) is 37.3. The second-order valence-corrected chi connectivity index (χ2v) is 23.1. The molecule has 1 aliphatic heterocycles. The molecule has 2 aromatic heterocycles. The molecule has 77 heavy (non-hydrogen) atoms. The molecular weight excluding hydrogens is 986 g/mol. The maximum Gasteiger partial charge on any atom is 0.459 e. The maximum atomic E-state index is 15.4. The average molecular weight is 1080 g/mol. The molecule has 14 heteroatoms. The largest absolute Gasteiger partial charge is 0.465 e. The zero-order chi connectivity index (χ0) is 54.5. The minimum Gasteiger partial charge on any atom is -0.465 e. The first-order valence-electron chi connectivity index (χ1n) is 30.2. The Bertz CT molecular complexity index is 2290. The van der Waals surface area contributed by atoms with E-state index in [1.54, 1.807) is 41.1 Å². The zero-order valence-corrected chi connectivity index (χ0v) is 48.2. The van der Waals surface area contributed by atoms with Crippen LogP contribution in [-0.2, 0) is 45.0 Å². The number of terminal acetylenes is 1. The summed E-state index contributed by atoms with van der Waals surface area (Å²) in [6.45, 7) is 4.23. The third kappa shape index (κ3) is 22.6. The number of esters is 2. The topological polar surface area (TPSA) is 153 Å². The quantitative estimate of drug-likeness (QED) is 0.0194. The predicted molar refractivity (Wildman–Crippen MR) is 309 cm³/mol. The molecule has 0 spiro atoms. The third-order valence-corrected chi connectivity index (χ3v) is 16.6. The Hall–Kier alpha value is -4.60. The summed E-state index contributed by atoms with van der Waals surface area (Å²) in [4.78, 5) is 41.4. The number of aromatic nitrogens is 4. The highest BCUT2D eigenvalue weighted by molar-refractivity contribution is 7.52. The second-order valence-electron chi connectivity index (χ2n) is 21.4. The van der Waals surface area contributed by atoms with E-state index in [2.05, 4.69) is 39.8 Å². The van der Waals surface area contributed by atoms with E-state index in [4.69, 9.17) is 29.7 Å². The first kappa shape index (κ1) is 63.2. The van der Waals surface area contributed by atoms with Crippen molar-refractivity contribution in [2.24, 2.45) is 0 Å². The molecule has 1 N–H and O–H groups in total. The number of carbonyl (C=O) groups excluding carboxylic acids is 2. The number of benzene rings is 2. The van der Waals surface area contributed by atoms with E-state index in [9.17, 15) is 9.59 Å². The van der Waals surface area contributed by atoms with Crippen LogP contribution in [0.5, 0.6) is 5.75 Å². The van der Waals surface area contributed by atoms with E-state index in [-0.39, 0.29) is 38.2 Å². The van der Waals surface area contributed by atoms with Gasteiger partial charge in [-0.15, -0.1) is 6.42 Å². The number of imidazole rings is 1. The van der Waals surface area contributed by atoms with Crippen LogP contribution in [0.1, 0.15) is 231 Å². The first-order valence-corrected chi connectivity index (χ1v) is 31.8. The lowest BCUT2D eigenvalue weighted by Gasteiger charge is -2.41. The Morgan fingerprint density at radius 1 is 0.701 bits per heavy atom. The number of nitrogens with one attached hydrogen (secondary N) is 1. The summed E-state index contributed by atoms with van der Waals surface area (Å²) in [7, 11) is -4.55. The van der Waals surface area contributed by atoms with E-state index in [0.29, 0.717) is 24.0 Å². The standard InChI is InChI=1S/C63H96N5O8P/c1-4-7-9-11-13-15-17-19-21-22-23-24-26-28-30-32-40-46-59(69)75-63(68-54-66-58-51-64-53-65-60(58)68)47-49-73-62(63,6-3)52-74-77(71,76-56-44-38-35-39-45-56)67-57(50-55-42-36-34-37-43-55)61(70)72-48-41-33-31-29-27-25-20-18-16-14-12-10-8-5-2/h3,34-39,42-45,51,53-54,57H,4-5,7-33,40-41,46-50,52H2,1-2H3,(H,67,71)/t57-,62?,63?,77?/m0/s1. The number of hydrogen-bond acceptors (Lipinski definition) is 11. The summed E-state index contributed by atoms with van der Waals surface area (Å²) >= 11 is 0. The Morgan fingerprint density at radius 3 is 1.74 bits per heavy atom. The van der Waals surface area contributed by atoms with Crippen molar-refractivity contribution in [2.75, 3.05) is 19.8 Å². The molecule has 0 aliphatic carbocycles. The minimum atomic E-state index is -4.55. The highest BCUT2D eigenvalue weighted by Crippen LogP contribution is 2.51. The van der Waals surface area contributed by atoms with Crippen LogP contribution in [0, 0.1) is 12.3 Å². The molecule has 1 aliphatic rings. The molecule has 0 amide bonds. The van der Waals surface area contributed by atoms with Gasteiger partial charge in [0.25, 0.3) is 0 Å². The number of unbranched alkanes of at least 4 members (excludes halogenated alkanes) is 29. The smallest absolute Gasteiger partial charge is 0.459 e. The predicted octanol–water partition coefficient (Wildman–Crippen LogP) is 16.3. The zero-order valence-electron chi connectivity index (χ0n) is 47.3. The molecule has 426 valence electrons. The van der Waals surface area contributed by atoms with Gasteiger partial charge in [-0.2, -0.15) is 5.09 Å². The third-order valence-electron chi connectivity index (χ3n) is 15.1. The van der Waals surface area contributed by atoms with Crippen LogP contribution in [0.4, 0.5) is 0 Å². The van der Waals surface area contributed by atoms with Gasteiger partial charge in [-0.3, -0.25) is 18.7 Å². The molecule has 0 saturated carbocycles. The van der Waals surface area contributed by atoms with E-state index in [1.807, 2.05) is 30.3 Å². The Labute approximate surface area is 463 Å². The fraction of sp³-hybridized carbons (Fsp3) is 0.667. The minimum absolute atomic E-state index is 0.0597. The van der Waals surface area contributed by atoms with Gasteiger partial charge < -0.3 is 18.7 Å². The lowest BCUT2D eigenvalue weighted by molar-refractivity contribution is -0.199. The number of nitrogens with zero attached hydrogens (tertiary/aromatic N) is 4. The molecule has 3 unspecified atom stereocenters. The average Bonchev–Trinajstić information content (AvgIpc) is 4.24. The van der Waals surface area contributed by atoms with Gasteiger partial charge in [0.15, 0.2) is 5.65 Å². The van der Waals surface area contributed by atoms with E-state index < -0.39 is 43.7 Å². The highest BCUT2D eigenvalue weighted by Gasteiger charge is 2.62. The van der Waals surface area contributed by atoms with Gasteiger partial charge >= 0.3 is 19.7 Å². The summed E-state index contributed by atoms with van der Waals surface area (Å²) in [6, 6.07) is 16.9. The van der Waals surface area contributed by atoms with Gasteiger partial charge in [0, 0.05) is 12.8 Å². The van der Waals surface area contributed by atoms with Crippen molar-refractivity contribution in [3.8, 4) is 18.1 Å². The van der Waals surface area contributed by atoms with Crippen molar-refractivity contribution in [3.05, 3.63) is 85.1 Å². The van der Waals surface area contributed by atoms with Crippen LogP contribution < -0.4 is 9.61 Å². The molecule has 13 nitrogen and oxygen atoms in total. The molecule has 1 fully saturated rings. The summed E-state index contributed by atoms with van der Waals surface area (Å²) in [5.41, 5.74) is -1.98. The summed E-state index contributed by atoms with van der Waals surface area (Å²) in [5, 5.41) is 2.97. The Morgan fingerprint density at radius 2 is 1.21 bits per heavy atom. The van der Waals surface area contributed by atoms with Crippen LogP contribution in [0.25, 0.3) is 11.2 Å². The molecule has 2 aromatic carbocycles. The van der Waals surface area contributed by atoms with Crippen LogP contribution in [0.2, 0.25) is 0 Å². The SMILES string of the molecule is C#CC1(COP(=O)(N[C@@H](Cc2ccccc2)C(=O)OCCCCCCCCCCCCCCCC)Oc2ccccc2)OCCC1(OC(=O)CCCCCCCCCCCCCCCCCCC)n1cnc2cncnc21. The number of fused-ring (bicyclic) bond motifs is 1. The van der Waals surface area contributed by atoms with Crippen molar-refractivity contribution >= 4 is 30.8 Å². The van der Waals surface area contributed by atoms with Crippen LogP contribution in [-0.4, -0.2) is 62.9 Å². The van der Waals surface area contributed by atoms with Crippen molar-refractivity contribution in [1.82, 2.24) is 24.6 Å². The fourth-order valence-corrected chi connectivity index (χ4v) is 12.0. The van der Waals surface area contributed by atoms with Crippen LogP contribution >= 0.6 is 7.75 Å². The van der Waals surface area contributed by atoms with Gasteiger partial charge in [0.05, 0.1) is 19.4 Å². The Kier molecular flexibility index (Phi) is 30.6. The normalized spacial score (nSPS) is 17.5. The van der Waals surface area contributed by atoms with Gasteiger partial charge in [-0.25, -0.2) is 19.5 Å². The summed E-state index contributed by atoms with van der Waals surface area (Å²) < 4.78 is 48.4. The number of ether oxygens (including phenoxy) is 3. The van der Waals surface area contributed by atoms with Gasteiger partial charge in [-0.1, -0.05) is 255 Å². The number of carbonyl (C=O) groups is 2. The molecule has 3 heterocycles. The van der Waals surface area contributed by atoms with Crippen molar-refractivity contribution in [1.29, 1.82) is 0 Å². The van der Waals surface area contributed by atoms with Crippen molar-refractivity contribution < 1.29 is 37.4 Å². The van der Waals surface area contributed by atoms with E-state index in [1.165, 1.54) is 160 Å². The fourth-order valence-electron chi connectivity index (χ4n) is 10.5. The van der Waals surface area contributed by atoms with Crippen LogP contribution in [0.3, 0.4) is 0 Å². The lowest BCUT2D eigenvalue weighted by Crippen LogP contribution is -2.57. The monoisotopic (exact) mass is 1080 g/mol. The highest BCUT2D eigenvalue weighted by atomic mass is 31.2. The van der Waals surface area contributed by atoms with Crippen LogP contribution in [0.15, 0.2) is 79.5 Å². The molecule has 1 saturated heterocycles. The molecule has 0 bridgehead atoms. The summed E-state index contributed by atoms with van der Waals surface area (Å²) in [6.07, 6.45) is 49.4. The number of rotatable bonds is 45. The molecule has 4 atom stereocenters. The molecule has 5 rings (SSSR count). The van der Waals surface area contributed by atoms with E-state index >= 15 is 4.57 Å². The lowest BCUT2D eigenvalue weighted by atomic mass is 9.90. The molecular formula is C63H96N5O8P. The Balaban J connectivity index is 1.20. The maximum absolute atomic E-state index is 15.4. The molecule has 4 aromatic rings. The molecule has 0 radical (unpaired) electrons. The number of para-hydroxylation sites is 1. The van der Waals surface area contributed by atoms with Gasteiger partial charge in [0.2, 0.25) is 11.3 Å². The summed E-state index contributed by atoms with van der Waals surface area (Å²) in [5.74, 6) is 1.92. The van der Waals surface area contributed by atoms with Crippen molar-refractivity contribution in [2.45, 2.75) is 250 Å². The van der Waals surface area contributed by atoms with Crippen molar-refractivity contribution in [3.63, 3.8) is 0 Å². The first-order chi connectivity index (χ1) is 37.8. The number of hydrogen-bond donors (Lipinski definition) is 1. The van der Waals surface area contributed by atoms with Gasteiger partial charge in [-0.05, 0) is 37.0 Å². The van der Waals surface area contributed by atoms with Gasteiger partial charge in [0.1, 0.15) is 36.6 Å².